The van der Waals surface area contributed by atoms with Gasteiger partial charge in [-0.1, -0.05) is 19.1 Å². The van der Waals surface area contributed by atoms with Gasteiger partial charge in [-0.3, -0.25) is 9.82 Å². The highest BCUT2D eigenvalue weighted by Crippen LogP contribution is 2.19. The maximum Gasteiger partial charge on any atom is 0.279 e. The van der Waals surface area contributed by atoms with Crippen molar-refractivity contribution in [1.29, 1.82) is 0 Å². The average molecular weight is 298 g/mol. The summed E-state index contributed by atoms with van der Waals surface area (Å²) in [5.41, 5.74) is 0.396. The number of anilines is 1. The number of sulfonamides is 1. The molecule has 2 aromatic rings. The van der Waals surface area contributed by atoms with Crippen molar-refractivity contribution < 1.29 is 12.8 Å². The fourth-order valence-electron chi connectivity index (χ4n) is 1.66. The molecule has 3 N–H and O–H groups in total. The second-order valence-corrected chi connectivity index (χ2v) is 5.71. The van der Waals surface area contributed by atoms with Crippen LogP contribution in [0.5, 0.6) is 0 Å². The molecule has 6 nitrogen and oxygen atoms in total. The van der Waals surface area contributed by atoms with Crippen LogP contribution in [0.2, 0.25) is 0 Å². The molecule has 0 unspecified atom stereocenters. The Hall–Kier alpha value is -1.93. The van der Waals surface area contributed by atoms with Crippen LogP contribution in [0.1, 0.15) is 12.5 Å². The molecule has 20 heavy (non-hydrogen) atoms. The molecular formula is C12H15FN4O2S. The lowest BCUT2D eigenvalue weighted by molar-refractivity contribution is 0.592. The largest absolute Gasteiger partial charge is 0.313 e. The van der Waals surface area contributed by atoms with E-state index in [2.05, 4.69) is 20.2 Å². The van der Waals surface area contributed by atoms with Crippen molar-refractivity contribution in [3.8, 4) is 0 Å². The van der Waals surface area contributed by atoms with Crippen LogP contribution in [0.25, 0.3) is 0 Å². The molecule has 0 aliphatic rings. The van der Waals surface area contributed by atoms with E-state index in [0.29, 0.717) is 18.7 Å². The molecule has 1 heterocycles. The van der Waals surface area contributed by atoms with Gasteiger partial charge >= 0.3 is 0 Å². The van der Waals surface area contributed by atoms with Crippen LogP contribution in [-0.4, -0.2) is 25.2 Å². The number of rotatable bonds is 6. The highest BCUT2D eigenvalue weighted by atomic mass is 32.2. The van der Waals surface area contributed by atoms with Crippen LogP contribution in [0.4, 0.5) is 10.1 Å². The Kier molecular flexibility index (Phi) is 4.35. The summed E-state index contributed by atoms with van der Waals surface area (Å²) >= 11 is 0. The molecule has 0 spiro atoms. The number of halogens is 1. The highest BCUT2D eigenvalue weighted by Gasteiger charge is 2.21. The third kappa shape index (κ3) is 3.14. The van der Waals surface area contributed by atoms with Crippen molar-refractivity contribution in [1.82, 2.24) is 15.5 Å². The number of aromatic nitrogens is 2. The first-order valence-electron chi connectivity index (χ1n) is 6.05. The second-order valence-electron chi connectivity index (χ2n) is 4.09. The Bertz CT molecular complexity index is 684. The van der Waals surface area contributed by atoms with E-state index < -0.39 is 15.8 Å². The Morgan fingerprint density at radius 1 is 1.35 bits per heavy atom. The van der Waals surface area contributed by atoms with Crippen molar-refractivity contribution >= 4 is 15.7 Å². The van der Waals surface area contributed by atoms with Gasteiger partial charge in [0.1, 0.15) is 5.82 Å². The van der Waals surface area contributed by atoms with Gasteiger partial charge < -0.3 is 5.32 Å². The van der Waals surface area contributed by atoms with Gasteiger partial charge in [0.2, 0.25) is 0 Å². The molecule has 0 saturated heterocycles. The first-order valence-corrected chi connectivity index (χ1v) is 7.53. The number of H-pyrrole nitrogens is 1. The minimum absolute atomic E-state index is 0.0679. The zero-order valence-electron chi connectivity index (χ0n) is 10.9. The van der Waals surface area contributed by atoms with E-state index in [-0.39, 0.29) is 10.7 Å². The summed E-state index contributed by atoms with van der Waals surface area (Å²) in [6.45, 7) is 2.97. The van der Waals surface area contributed by atoms with E-state index in [4.69, 9.17) is 0 Å². The minimum atomic E-state index is -3.90. The Balaban J connectivity index is 2.27. The molecule has 0 aliphatic heterocycles. The zero-order chi connectivity index (χ0) is 14.6. The standard InChI is InChI=1S/C12H15FN4O2S/c1-2-14-7-9-8-15-16-12(9)20(18,19)17-11-6-4-3-5-10(11)13/h3-6,8,14,17H,2,7H2,1H3,(H,15,16). The van der Waals surface area contributed by atoms with Crippen molar-refractivity contribution in [2.24, 2.45) is 0 Å². The van der Waals surface area contributed by atoms with Gasteiger partial charge in [-0.05, 0) is 18.7 Å². The van der Waals surface area contributed by atoms with E-state index in [1.165, 1.54) is 24.4 Å². The van der Waals surface area contributed by atoms with Gasteiger partial charge in [-0.2, -0.15) is 13.5 Å². The molecule has 0 radical (unpaired) electrons. The first-order chi connectivity index (χ1) is 9.54. The third-order valence-corrected chi connectivity index (χ3v) is 4.01. The number of nitrogens with one attached hydrogen (secondary N) is 3. The van der Waals surface area contributed by atoms with Crippen LogP contribution < -0.4 is 10.0 Å². The van der Waals surface area contributed by atoms with Crippen molar-refractivity contribution in [2.75, 3.05) is 11.3 Å². The molecule has 2 rings (SSSR count). The number of hydrogen-bond donors (Lipinski definition) is 3. The lowest BCUT2D eigenvalue weighted by atomic mass is 10.3. The molecule has 108 valence electrons. The maximum absolute atomic E-state index is 13.5. The first kappa shape index (κ1) is 14.5. The van der Waals surface area contributed by atoms with Gasteiger partial charge in [0.15, 0.2) is 5.03 Å². The average Bonchev–Trinajstić information content (AvgIpc) is 2.88. The quantitative estimate of drug-likeness (QED) is 0.753. The van der Waals surface area contributed by atoms with E-state index >= 15 is 0 Å². The van der Waals surface area contributed by atoms with Gasteiger partial charge in [-0.15, -0.1) is 0 Å². The SMILES string of the molecule is CCNCc1cn[nH]c1S(=O)(=O)Nc1ccccc1F. The predicted octanol–water partition coefficient (Wildman–Crippen LogP) is 1.46. The van der Waals surface area contributed by atoms with Gasteiger partial charge in [0.25, 0.3) is 10.0 Å². The Morgan fingerprint density at radius 2 is 2.10 bits per heavy atom. The predicted molar refractivity (Wildman–Crippen MR) is 73.2 cm³/mol. The van der Waals surface area contributed by atoms with Crippen LogP contribution >= 0.6 is 0 Å². The summed E-state index contributed by atoms with van der Waals surface area (Å²) in [4.78, 5) is 0. The van der Waals surface area contributed by atoms with Crippen LogP contribution in [-0.2, 0) is 16.6 Å². The van der Waals surface area contributed by atoms with Gasteiger partial charge in [0.05, 0.1) is 11.9 Å². The van der Waals surface area contributed by atoms with E-state index in [0.717, 1.165) is 0 Å². The lowest BCUT2D eigenvalue weighted by Gasteiger charge is -2.09. The molecule has 0 aliphatic carbocycles. The van der Waals surface area contributed by atoms with Crippen LogP contribution in [0.3, 0.4) is 0 Å². The van der Waals surface area contributed by atoms with E-state index in [1.807, 2.05) is 6.92 Å². The molecule has 8 heteroatoms. The number of aromatic amines is 1. The number of benzene rings is 1. The van der Waals surface area contributed by atoms with Gasteiger partial charge in [0, 0.05) is 12.1 Å². The Labute approximate surface area is 116 Å². The molecular weight excluding hydrogens is 283 g/mol. The fourth-order valence-corrected chi connectivity index (χ4v) is 2.86. The van der Waals surface area contributed by atoms with Crippen LogP contribution in [0, 0.1) is 5.82 Å². The normalized spacial score (nSPS) is 11.5. The van der Waals surface area contributed by atoms with Gasteiger partial charge in [-0.25, -0.2) is 4.39 Å². The summed E-state index contributed by atoms with van der Waals surface area (Å²) in [7, 11) is -3.90. The molecule has 0 amide bonds. The second kappa shape index (κ2) is 6.02. The number of para-hydroxylation sites is 1. The molecule has 0 fully saturated rings. The molecule has 0 saturated carbocycles. The summed E-state index contributed by atoms with van der Waals surface area (Å²) in [6.07, 6.45) is 1.43. The Morgan fingerprint density at radius 3 is 2.80 bits per heavy atom. The van der Waals surface area contributed by atoms with E-state index in [9.17, 15) is 12.8 Å². The zero-order valence-corrected chi connectivity index (χ0v) is 11.7. The van der Waals surface area contributed by atoms with Crippen molar-refractivity contribution in [3.05, 3.63) is 41.8 Å². The third-order valence-electron chi connectivity index (χ3n) is 2.63. The summed E-state index contributed by atoms with van der Waals surface area (Å²) in [5, 5.41) is 9.10. The number of nitrogens with zero attached hydrogens (tertiary/aromatic N) is 1. The van der Waals surface area contributed by atoms with E-state index in [1.54, 1.807) is 6.07 Å². The summed E-state index contributed by atoms with van der Waals surface area (Å²) < 4.78 is 40.1. The smallest absolute Gasteiger partial charge is 0.279 e. The highest BCUT2D eigenvalue weighted by molar-refractivity contribution is 7.92. The van der Waals surface area contributed by atoms with Crippen LogP contribution in [0.15, 0.2) is 35.5 Å². The summed E-state index contributed by atoms with van der Waals surface area (Å²) in [6, 6.07) is 5.57. The lowest BCUT2D eigenvalue weighted by Crippen LogP contribution is -2.19. The van der Waals surface area contributed by atoms with Crippen molar-refractivity contribution in [3.63, 3.8) is 0 Å². The molecule has 1 aromatic heterocycles. The topological polar surface area (TPSA) is 86.9 Å². The summed E-state index contributed by atoms with van der Waals surface area (Å²) in [5.74, 6) is -0.635. The van der Waals surface area contributed by atoms with Crippen molar-refractivity contribution in [2.45, 2.75) is 18.5 Å². The maximum atomic E-state index is 13.5. The minimum Gasteiger partial charge on any atom is -0.313 e. The number of hydrogen-bond acceptors (Lipinski definition) is 4. The molecule has 0 atom stereocenters. The molecule has 0 bridgehead atoms. The molecule has 1 aromatic carbocycles. The fraction of sp³-hybridized carbons (Fsp3) is 0.250. The monoisotopic (exact) mass is 298 g/mol.